The predicted molar refractivity (Wildman–Crippen MR) is 88.3 cm³/mol. The Balaban J connectivity index is 0.000000550. The van der Waals surface area contributed by atoms with E-state index < -0.39 is 7.25 Å². The zero-order chi connectivity index (χ0) is 19.3. The van der Waals surface area contributed by atoms with Crippen molar-refractivity contribution >= 4 is 19.2 Å². The quantitative estimate of drug-likeness (QED) is 0.510. The molecule has 1 heterocycles. The summed E-state index contributed by atoms with van der Waals surface area (Å²) in [5.74, 6) is 1.36. The van der Waals surface area contributed by atoms with Gasteiger partial charge in [-0.05, 0) is 39.8 Å². The molecule has 0 aliphatic carbocycles. The molecule has 1 aliphatic heterocycles. The van der Waals surface area contributed by atoms with E-state index in [0.717, 1.165) is 11.4 Å². The number of ether oxygens (including phenoxy) is 3. The lowest BCUT2D eigenvalue weighted by molar-refractivity contribution is -0.346. The van der Waals surface area contributed by atoms with Crippen LogP contribution < -0.4 is 9.73 Å². The largest absolute Gasteiger partial charge is 0.673 e. The fourth-order valence-corrected chi connectivity index (χ4v) is 1.73. The third-order valence-corrected chi connectivity index (χ3v) is 3.72. The van der Waals surface area contributed by atoms with Gasteiger partial charge < -0.3 is 31.5 Å². The molecule has 0 bridgehead atoms. The maximum absolute atomic E-state index is 9.75. The molecule has 2 rings (SSSR count). The maximum atomic E-state index is 9.75. The number of methoxy groups -OCH3 is 1. The summed E-state index contributed by atoms with van der Waals surface area (Å²) in [6.07, 6.45) is 3.59. The van der Waals surface area contributed by atoms with Gasteiger partial charge in [0.1, 0.15) is 17.0 Å². The van der Waals surface area contributed by atoms with E-state index in [1.165, 1.54) is 0 Å². The Morgan fingerprint density at radius 3 is 1.80 bits per heavy atom. The molecule has 0 radical (unpaired) electrons. The highest BCUT2D eigenvalue weighted by atomic mass is 19.5. The van der Waals surface area contributed by atoms with Crippen LogP contribution in [0.5, 0.6) is 5.75 Å². The monoisotopic (exact) mass is 363 g/mol. The summed E-state index contributed by atoms with van der Waals surface area (Å²) in [6, 6.07) is 7.69. The Bertz CT molecular complexity index is 601. The molecule has 0 spiro atoms. The third-order valence-electron chi connectivity index (χ3n) is 3.72. The Kier molecular flexibility index (Phi) is 6.51. The summed E-state index contributed by atoms with van der Waals surface area (Å²) in [5, 5.41) is 0. The van der Waals surface area contributed by atoms with E-state index in [2.05, 4.69) is 4.99 Å². The van der Waals surface area contributed by atoms with Crippen molar-refractivity contribution < 1.29 is 36.5 Å². The first-order chi connectivity index (χ1) is 11.3. The van der Waals surface area contributed by atoms with Crippen LogP contribution in [0.3, 0.4) is 0 Å². The first kappa shape index (κ1) is 20.9. The van der Waals surface area contributed by atoms with E-state index in [1.807, 2.05) is 52.0 Å². The van der Waals surface area contributed by atoms with E-state index in [1.54, 1.807) is 19.4 Å². The minimum absolute atomic E-state index is 0.340. The molecule has 0 unspecified atom stereocenters. The zero-order valence-corrected chi connectivity index (χ0v) is 14.8. The van der Waals surface area contributed by atoms with Gasteiger partial charge in [0.15, 0.2) is 6.21 Å². The number of halogens is 4. The van der Waals surface area contributed by atoms with Gasteiger partial charge in [0.2, 0.25) is 5.69 Å². The number of hydrogen-bond donors (Lipinski definition) is 1. The van der Waals surface area contributed by atoms with Crippen LogP contribution in [0.1, 0.15) is 27.7 Å². The van der Waals surface area contributed by atoms with Gasteiger partial charge in [-0.15, -0.1) is 0 Å². The molecule has 0 aromatic heterocycles. The molecule has 9 heteroatoms. The van der Waals surface area contributed by atoms with Crippen molar-refractivity contribution in [2.24, 2.45) is 0 Å². The Morgan fingerprint density at radius 2 is 1.40 bits per heavy atom. The van der Waals surface area contributed by atoms with Crippen molar-refractivity contribution in [1.82, 2.24) is 0 Å². The van der Waals surface area contributed by atoms with Crippen LogP contribution in [-0.2, 0) is 9.47 Å². The van der Waals surface area contributed by atoms with Crippen LogP contribution >= 0.6 is 0 Å². The lowest BCUT2D eigenvalue weighted by atomic mass is 9.90. The summed E-state index contributed by atoms with van der Waals surface area (Å²) in [4.78, 5) is 3.16. The normalized spacial score (nSPS) is 18.0. The van der Waals surface area contributed by atoms with Crippen molar-refractivity contribution in [3.63, 3.8) is 0 Å². The molecule has 1 saturated heterocycles. The average molecular weight is 363 g/mol. The molecule has 1 aliphatic rings. The summed E-state index contributed by atoms with van der Waals surface area (Å²) in [7, 11) is -4.35. The second-order valence-corrected chi connectivity index (χ2v) is 6.24. The van der Waals surface area contributed by atoms with Crippen LogP contribution in [0, 0.1) is 0 Å². The molecule has 1 fully saturated rings. The second-order valence-electron chi connectivity index (χ2n) is 6.24. The summed E-state index contributed by atoms with van der Waals surface area (Å²) in [5.41, 5.74) is 0.290. The standard InChI is InChI=1S/C16H21NO3.BF4/c1-15(2)16(3,4)20-14(19-15)10-11-17-12-6-8-13(18-5)9-7-12;2-1(3,4)5/h6-11H,1-5H3;/q;-1/p+1. The van der Waals surface area contributed by atoms with Gasteiger partial charge in [-0.3, -0.25) is 0 Å². The maximum Gasteiger partial charge on any atom is 0.673 e. The highest BCUT2D eigenvalue weighted by molar-refractivity contribution is 6.50. The van der Waals surface area contributed by atoms with Crippen molar-refractivity contribution in [3.05, 3.63) is 36.3 Å². The van der Waals surface area contributed by atoms with Crippen molar-refractivity contribution in [1.29, 1.82) is 0 Å². The molecule has 1 aromatic rings. The second kappa shape index (κ2) is 7.80. The molecular formula is C16H22BF4NO3. The molecule has 0 atom stereocenters. The Labute approximate surface area is 144 Å². The lowest BCUT2D eigenvalue weighted by Gasteiger charge is -2.28. The van der Waals surface area contributed by atoms with Crippen molar-refractivity contribution in [3.8, 4) is 5.75 Å². The molecule has 1 aromatic carbocycles. The Morgan fingerprint density at radius 1 is 0.960 bits per heavy atom. The molecular weight excluding hydrogens is 341 g/mol. The van der Waals surface area contributed by atoms with Gasteiger partial charge in [-0.25, -0.2) is 4.99 Å². The summed E-state index contributed by atoms with van der Waals surface area (Å²) in [6.45, 7) is 8.07. The van der Waals surface area contributed by atoms with Crippen LogP contribution in [0.15, 0.2) is 36.3 Å². The van der Waals surface area contributed by atoms with Gasteiger partial charge >= 0.3 is 7.25 Å². The van der Waals surface area contributed by atoms with E-state index in [4.69, 9.17) is 14.2 Å². The minimum Gasteiger partial charge on any atom is -0.497 e. The molecule has 0 saturated carbocycles. The van der Waals surface area contributed by atoms with E-state index in [9.17, 15) is 17.3 Å². The smallest absolute Gasteiger partial charge is 0.497 e. The fraction of sp³-hybridized carbons (Fsp3) is 0.438. The topological polar surface area (TPSA) is 41.7 Å². The lowest BCUT2D eigenvalue weighted by Crippen LogP contribution is -2.60. The fourth-order valence-electron chi connectivity index (χ4n) is 1.73. The number of nitrogens with one attached hydrogen (secondary N) is 1. The van der Waals surface area contributed by atoms with E-state index in [-0.39, 0.29) is 11.2 Å². The zero-order valence-electron chi connectivity index (χ0n) is 14.8. The average Bonchev–Trinajstić information content (AvgIpc) is 2.65. The SMILES string of the molecule is COc1ccc([NH+]=CC=C2OC(C)(C)C(C)(C)O2)cc1.F[B-](F)(F)F. The predicted octanol–water partition coefficient (Wildman–Crippen LogP) is 3.22. The van der Waals surface area contributed by atoms with Crippen molar-refractivity contribution in [2.75, 3.05) is 7.11 Å². The summed E-state index contributed by atoms with van der Waals surface area (Å²) < 4.78 is 55.7. The van der Waals surface area contributed by atoms with Crippen LogP contribution in [0.4, 0.5) is 23.0 Å². The molecule has 25 heavy (non-hydrogen) atoms. The van der Waals surface area contributed by atoms with Crippen LogP contribution in [0.2, 0.25) is 0 Å². The Hall–Kier alpha value is -2.19. The van der Waals surface area contributed by atoms with E-state index in [0.29, 0.717) is 5.95 Å². The number of rotatable bonds is 3. The first-order valence-electron chi connectivity index (χ1n) is 7.53. The van der Waals surface area contributed by atoms with E-state index >= 15 is 0 Å². The molecule has 1 N–H and O–H groups in total. The highest BCUT2D eigenvalue weighted by Crippen LogP contribution is 2.39. The third kappa shape index (κ3) is 7.07. The van der Waals surface area contributed by atoms with Crippen molar-refractivity contribution in [2.45, 2.75) is 38.9 Å². The van der Waals surface area contributed by atoms with Gasteiger partial charge in [0, 0.05) is 12.1 Å². The van der Waals surface area contributed by atoms with Crippen LogP contribution in [0.25, 0.3) is 0 Å². The molecule has 0 amide bonds. The minimum atomic E-state index is -6.00. The number of benzene rings is 1. The number of allylic oxidation sites excluding steroid dienone is 1. The van der Waals surface area contributed by atoms with Gasteiger partial charge in [-0.1, -0.05) is 0 Å². The molecule has 140 valence electrons. The highest BCUT2D eigenvalue weighted by Gasteiger charge is 2.48. The van der Waals surface area contributed by atoms with Gasteiger partial charge in [0.05, 0.1) is 13.2 Å². The molecule has 4 nitrogen and oxygen atoms in total. The van der Waals surface area contributed by atoms with Gasteiger partial charge in [0.25, 0.3) is 5.95 Å². The number of hydrogen-bond acceptors (Lipinski definition) is 3. The van der Waals surface area contributed by atoms with Gasteiger partial charge in [-0.2, -0.15) is 0 Å². The first-order valence-corrected chi connectivity index (χ1v) is 7.53. The summed E-state index contributed by atoms with van der Waals surface area (Å²) >= 11 is 0. The van der Waals surface area contributed by atoms with Crippen LogP contribution in [-0.4, -0.2) is 31.8 Å².